The van der Waals surface area contributed by atoms with E-state index in [9.17, 15) is 10.1 Å². The zero-order valence-electron chi connectivity index (χ0n) is 14.3. The zero-order valence-corrected chi connectivity index (χ0v) is 15.8. The topological polar surface area (TPSA) is 66.0 Å². The van der Waals surface area contributed by atoms with Crippen molar-refractivity contribution in [2.45, 2.75) is 6.92 Å². The number of nitrogens with one attached hydrogen (secondary N) is 1. The molecule has 1 aromatic heterocycles. The Hall–Kier alpha value is -3.00. The van der Waals surface area contributed by atoms with E-state index in [1.165, 1.54) is 6.08 Å². The van der Waals surface area contributed by atoms with Crippen LogP contribution in [0.5, 0.6) is 0 Å². The third-order valence-electron chi connectivity index (χ3n) is 3.75. The third-order valence-corrected chi connectivity index (χ3v) is 4.31. The second-order valence-corrected chi connectivity index (χ2v) is 6.66. The summed E-state index contributed by atoms with van der Waals surface area (Å²) in [6.07, 6.45) is 1.38. The molecule has 0 radical (unpaired) electrons. The summed E-state index contributed by atoms with van der Waals surface area (Å²) in [4.78, 5) is 12.4. The first-order valence-electron chi connectivity index (χ1n) is 8.01. The number of carbonyl (C=O) groups excluding carboxylic acids is 1. The second-order valence-electron chi connectivity index (χ2n) is 5.82. The Labute approximate surface area is 166 Å². The Morgan fingerprint density at radius 2 is 1.96 bits per heavy atom. The largest absolute Gasteiger partial charge is 0.457 e. The van der Waals surface area contributed by atoms with Crippen LogP contribution in [-0.2, 0) is 4.79 Å². The van der Waals surface area contributed by atoms with Gasteiger partial charge in [0.1, 0.15) is 23.2 Å². The Kier molecular flexibility index (Phi) is 5.66. The van der Waals surface area contributed by atoms with Gasteiger partial charge in [-0.3, -0.25) is 4.79 Å². The van der Waals surface area contributed by atoms with Gasteiger partial charge in [0, 0.05) is 22.3 Å². The lowest BCUT2D eigenvalue weighted by molar-refractivity contribution is -0.112. The summed E-state index contributed by atoms with van der Waals surface area (Å²) in [6, 6.07) is 17.6. The van der Waals surface area contributed by atoms with Crippen LogP contribution in [0.2, 0.25) is 10.0 Å². The predicted molar refractivity (Wildman–Crippen MR) is 108 cm³/mol. The lowest BCUT2D eigenvalue weighted by Gasteiger charge is -2.04. The van der Waals surface area contributed by atoms with Gasteiger partial charge in [-0.1, -0.05) is 35.3 Å². The molecule has 134 valence electrons. The van der Waals surface area contributed by atoms with Gasteiger partial charge >= 0.3 is 0 Å². The average molecular weight is 397 g/mol. The molecule has 4 nitrogen and oxygen atoms in total. The minimum Gasteiger partial charge on any atom is -0.457 e. The van der Waals surface area contributed by atoms with Crippen LogP contribution in [0.15, 0.2) is 64.6 Å². The van der Waals surface area contributed by atoms with Gasteiger partial charge in [-0.15, -0.1) is 0 Å². The van der Waals surface area contributed by atoms with Crippen molar-refractivity contribution in [1.29, 1.82) is 5.26 Å². The molecule has 0 aliphatic heterocycles. The number of carbonyl (C=O) groups is 1. The first kappa shape index (κ1) is 18.8. The quantitative estimate of drug-likeness (QED) is 0.427. The number of benzene rings is 2. The average Bonchev–Trinajstić information content (AvgIpc) is 3.10. The molecular formula is C21H14Cl2N2O2. The number of halogens is 2. The van der Waals surface area contributed by atoms with Crippen LogP contribution in [0.1, 0.15) is 11.3 Å². The van der Waals surface area contributed by atoms with Crippen molar-refractivity contribution < 1.29 is 9.21 Å². The highest BCUT2D eigenvalue weighted by Crippen LogP contribution is 2.32. The summed E-state index contributed by atoms with van der Waals surface area (Å²) in [7, 11) is 0. The number of anilines is 1. The Morgan fingerprint density at radius 1 is 1.15 bits per heavy atom. The van der Waals surface area contributed by atoms with Crippen molar-refractivity contribution in [3.8, 4) is 17.4 Å². The summed E-state index contributed by atoms with van der Waals surface area (Å²) in [5.41, 5.74) is 2.18. The van der Waals surface area contributed by atoms with Crippen molar-refractivity contribution in [1.82, 2.24) is 0 Å². The first-order chi connectivity index (χ1) is 13.0. The summed E-state index contributed by atoms with van der Waals surface area (Å²) in [5, 5.41) is 13.0. The van der Waals surface area contributed by atoms with Crippen molar-refractivity contribution in [3.63, 3.8) is 0 Å². The van der Waals surface area contributed by atoms with Gasteiger partial charge < -0.3 is 9.73 Å². The molecule has 1 amide bonds. The standard InChI is InChI=1S/C21H14Cl2N2O2/c1-13-3-2-4-16(9-13)25-21(26)14(12-24)10-17-6-8-20(27-17)18-11-15(22)5-7-19(18)23/h2-11H,1H3,(H,25,26). The number of aryl methyl sites for hydroxylation is 1. The molecule has 3 aromatic rings. The fourth-order valence-electron chi connectivity index (χ4n) is 2.47. The number of hydrogen-bond donors (Lipinski definition) is 1. The minimum absolute atomic E-state index is 0.0744. The van der Waals surface area contributed by atoms with E-state index in [2.05, 4.69) is 5.32 Å². The molecule has 0 saturated heterocycles. The molecule has 0 aliphatic carbocycles. The fourth-order valence-corrected chi connectivity index (χ4v) is 2.86. The lowest BCUT2D eigenvalue weighted by Crippen LogP contribution is -2.13. The van der Waals surface area contributed by atoms with Crippen LogP contribution >= 0.6 is 23.2 Å². The number of hydrogen-bond acceptors (Lipinski definition) is 3. The highest BCUT2D eigenvalue weighted by Gasteiger charge is 2.13. The summed E-state index contributed by atoms with van der Waals surface area (Å²) in [6.45, 7) is 1.92. The number of nitriles is 1. The smallest absolute Gasteiger partial charge is 0.266 e. The van der Waals surface area contributed by atoms with Crippen LogP contribution < -0.4 is 5.32 Å². The van der Waals surface area contributed by atoms with E-state index in [1.807, 2.05) is 31.2 Å². The zero-order chi connectivity index (χ0) is 19.4. The highest BCUT2D eigenvalue weighted by molar-refractivity contribution is 6.35. The normalized spacial score (nSPS) is 11.1. The fraction of sp³-hybridized carbons (Fsp3) is 0.0476. The molecular weight excluding hydrogens is 383 g/mol. The molecule has 0 unspecified atom stereocenters. The van der Waals surface area contributed by atoms with E-state index in [0.29, 0.717) is 32.8 Å². The minimum atomic E-state index is -0.512. The molecule has 0 fully saturated rings. The number of amides is 1. The third kappa shape index (κ3) is 4.59. The molecule has 1 heterocycles. The van der Waals surface area contributed by atoms with Crippen molar-refractivity contribution >= 4 is 40.9 Å². The van der Waals surface area contributed by atoms with E-state index in [1.54, 1.807) is 36.4 Å². The van der Waals surface area contributed by atoms with Gasteiger partial charge in [-0.25, -0.2) is 0 Å². The van der Waals surface area contributed by atoms with E-state index < -0.39 is 5.91 Å². The number of furan rings is 1. The van der Waals surface area contributed by atoms with Crippen molar-refractivity contribution in [2.24, 2.45) is 0 Å². The van der Waals surface area contributed by atoms with Gasteiger partial charge in [-0.2, -0.15) is 5.26 Å². The van der Waals surface area contributed by atoms with E-state index in [4.69, 9.17) is 27.6 Å². The Morgan fingerprint density at radius 3 is 2.70 bits per heavy atom. The van der Waals surface area contributed by atoms with Gasteiger partial charge in [0.2, 0.25) is 0 Å². The maximum atomic E-state index is 12.4. The summed E-state index contributed by atoms with van der Waals surface area (Å²) < 4.78 is 5.71. The molecule has 2 aromatic carbocycles. The SMILES string of the molecule is Cc1cccc(NC(=O)C(C#N)=Cc2ccc(-c3cc(Cl)ccc3Cl)o2)c1. The second kappa shape index (κ2) is 8.13. The molecule has 0 saturated carbocycles. The van der Waals surface area contributed by atoms with Crippen LogP contribution in [0.3, 0.4) is 0 Å². The molecule has 27 heavy (non-hydrogen) atoms. The predicted octanol–water partition coefficient (Wildman–Crippen LogP) is 6.11. The van der Waals surface area contributed by atoms with Crippen LogP contribution in [0.4, 0.5) is 5.69 Å². The molecule has 0 aliphatic rings. The molecule has 0 spiro atoms. The molecule has 6 heteroatoms. The van der Waals surface area contributed by atoms with Gasteiger partial charge in [0.25, 0.3) is 5.91 Å². The van der Waals surface area contributed by atoms with Crippen molar-refractivity contribution in [3.05, 3.63) is 81.5 Å². The summed E-state index contributed by atoms with van der Waals surface area (Å²) >= 11 is 12.2. The monoisotopic (exact) mass is 396 g/mol. The van der Waals surface area contributed by atoms with E-state index >= 15 is 0 Å². The molecule has 1 N–H and O–H groups in total. The molecule has 0 atom stereocenters. The lowest BCUT2D eigenvalue weighted by atomic mass is 10.2. The number of nitrogens with zero attached hydrogens (tertiary/aromatic N) is 1. The molecule has 3 rings (SSSR count). The maximum Gasteiger partial charge on any atom is 0.266 e. The van der Waals surface area contributed by atoms with Gasteiger partial charge in [0.15, 0.2) is 0 Å². The molecule has 0 bridgehead atoms. The van der Waals surface area contributed by atoms with Gasteiger partial charge in [0.05, 0.1) is 5.02 Å². The van der Waals surface area contributed by atoms with E-state index in [0.717, 1.165) is 5.56 Å². The van der Waals surface area contributed by atoms with Crippen LogP contribution in [0.25, 0.3) is 17.4 Å². The summed E-state index contributed by atoms with van der Waals surface area (Å²) in [5.74, 6) is 0.337. The van der Waals surface area contributed by atoms with Gasteiger partial charge in [-0.05, 0) is 55.0 Å². The van der Waals surface area contributed by atoms with E-state index in [-0.39, 0.29) is 5.57 Å². The maximum absolute atomic E-state index is 12.4. The Bertz CT molecular complexity index is 1080. The van der Waals surface area contributed by atoms with Crippen LogP contribution in [-0.4, -0.2) is 5.91 Å². The van der Waals surface area contributed by atoms with Crippen LogP contribution in [0, 0.1) is 18.3 Å². The first-order valence-corrected chi connectivity index (χ1v) is 8.77. The number of rotatable bonds is 4. The highest BCUT2D eigenvalue weighted by atomic mass is 35.5. The Balaban J connectivity index is 1.84. The van der Waals surface area contributed by atoms with Crippen molar-refractivity contribution in [2.75, 3.05) is 5.32 Å².